The van der Waals surface area contributed by atoms with E-state index in [1.54, 1.807) is 0 Å². The highest BCUT2D eigenvalue weighted by molar-refractivity contribution is 5.94. The number of amides is 1. The van der Waals surface area contributed by atoms with E-state index in [-0.39, 0.29) is 5.91 Å². The number of aryl methyl sites for hydroxylation is 1. The number of benzene rings is 1. The van der Waals surface area contributed by atoms with Crippen LogP contribution in [0.5, 0.6) is 0 Å². The average molecular weight is 288 g/mol. The molecule has 1 amide bonds. The molecule has 0 saturated carbocycles. The Hall–Kier alpha value is -1.35. The largest absolute Gasteiger partial charge is 0.336 e. The molecule has 0 atom stereocenters. The molecule has 1 saturated heterocycles. The molecule has 1 aliphatic rings. The minimum atomic E-state index is 0.190. The van der Waals surface area contributed by atoms with E-state index < -0.39 is 0 Å². The molecule has 0 bridgehead atoms. The van der Waals surface area contributed by atoms with Crippen molar-refractivity contribution >= 4 is 5.91 Å². The number of hydrogen-bond acceptors (Lipinski definition) is 2. The van der Waals surface area contributed by atoms with Crippen LogP contribution in [0.3, 0.4) is 0 Å². The summed E-state index contributed by atoms with van der Waals surface area (Å²) in [5, 5.41) is 0. The van der Waals surface area contributed by atoms with Crippen molar-refractivity contribution in [3.8, 4) is 0 Å². The first-order valence-electron chi connectivity index (χ1n) is 8.15. The minimum absolute atomic E-state index is 0.190. The first kappa shape index (κ1) is 16.0. The molecule has 0 radical (unpaired) electrons. The van der Waals surface area contributed by atoms with E-state index in [0.717, 1.165) is 44.6 Å². The van der Waals surface area contributed by atoms with Gasteiger partial charge in [0.05, 0.1) is 0 Å². The number of nitrogens with zero attached hydrogens (tertiary/aromatic N) is 2. The van der Waals surface area contributed by atoms with E-state index in [0.29, 0.717) is 5.92 Å². The quantitative estimate of drug-likeness (QED) is 0.849. The zero-order chi connectivity index (χ0) is 15.4. The lowest BCUT2D eigenvalue weighted by molar-refractivity contribution is 0.0664. The Morgan fingerprint density at radius 3 is 2.33 bits per heavy atom. The lowest BCUT2D eigenvalue weighted by Gasteiger charge is -2.32. The second kappa shape index (κ2) is 7.08. The van der Waals surface area contributed by atoms with E-state index in [4.69, 9.17) is 0 Å². The van der Waals surface area contributed by atoms with Gasteiger partial charge in [-0.15, -0.1) is 0 Å². The molecule has 1 aliphatic heterocycles. The number of hydrogen-bond donors (Lipinski definition) is 0. The third kappa shape index (κ3) is 3.65. The van der Waals surface area contributed by atoms with Crippen molar-refractivity contribution in [2.75, 3.05) is 33.2 Å². The Morgan fingerprint density at radius 1 is 1.14 bits per heavy atom. The number of piperazine rings is 1. The molecule has 3 nitrogen and oxygen atoms in total. The Bertz CT molecular complexity index is 486. The van der Waals surface area contributed by atoms with Crippen molar-refractivity contribution in [2.24, 2.45) is 0 Å². The predicted octanol–water partition coefficient (Wildman–Crippen LogP) is 3.29. The molecule has 0 spiro atoms. The second-order valence-corrected chi connectivity index (χ2v) is 6.18. The SMILES string of the molecule is CCC(CC)c1cc(C(=O)N2CCN(C)CC2)ccc1C. The van der Waals surface area contributed by atoms with Crippen molar-refractivity contribution in [3.63, 3.8) is 0 Å². The molecule has 116 valence electrons. The van der Waals surface area contributed by atoms with Gasteiger partial charge in [-0.3, -0.25) is 4.79 Å². The molecule has 0 aliphatic carbocycles. The van der Waals surface area contributed by atoms with E-state index >= 15 is 0 Å². The molecule has 0 N–H and O–H groups in total. The summed E-state index contributed by atoms with van der Waals surface area (Å²) in [4.78, 5) is 16.9. The average Bonchev–Trinajstić information content (AvgIpc) is 2.50. The standard InChI is InChI=1S/C18H28N2O/c1-5-15(6-2)17-13-16(8-7-14(17)3)18(21)20-11-9-19(4)10-12-20/h7-8,13,15H,5-6,9-12H2,1-4H3. The molecule has 21 heavy (non-hydrogen) atoms. The maximum Gasteiger partial charge on any atom is 0.253 e. The van der Waals surface area contributed by atoms with Crippen molar-refractivity contribution in [3.05, 3.63) is 34.9 Å². The van der Waals surface area contributed by atoms with E-state index in [2.05, 4.69) is 44.9 Å². The number of rotatable bonds is 4. The van der Waals surface area contributed by atoms with Crippen molar-refractivity contribution in [1.82, 2.24) is 9.80 Å². The fourth-order valence-corrected chi connectivity index (χ4v) is 3.13. The summed E-state index contributed by atoms with van der Waals surface area (Å²) in [5.74, 6) is 0.751. The maximum atomic E-state index is 12.7. The van der Waals surface area contributed by atoms with Gasteiger partial charge in [0.1, 0.15) is 0 Å². The van der Waals surface area contributed by atoms with Gasteiger partial charge in [0.15, 0.2) is 0 Å². The van der Waals surface area contributed by atoms with Crippen LogP contribution in [0.25, 0.3) is 0 Å². The van der Waals surface area contributed by atoms with Crippen LogP contribution in [-0.2, 0) is 0 Å². The lowest BCUT2D eigenvalue weighted by atomic mass is 9.89. The van der Waals surface area contributed by atoms with Crippen LogP contribution in [0, 0.1) is 6.92 Å². The van der Waals surface area contributed by atoms with Gasteiger partial charge in [0.25, 0.3) is 5.91 Å². The van der Waals surface area contributed by atoms with Crippen molar-refractivity contribution < 1.29 is 4.79 Å². The van der Waals surface area contributed by atoms with Gasteiger partial charge in [-0.2, -0.15) is 0 Å². The first-order chi connectivity index (χ1) is 10.1. The van der Waals surface area contributed by atoms with Crippen LogP contribution in [0.2, 0.25) is 0 Å². The first-order valence-corrected chi connectivity index (χ1v) is 8.15. The highest BCUT2D eigenvalue weighted by Gasteiger charge is 2.21. The highest BCUT2D eigenvalue weighted by Crippen LogP contribution is 2.27. The van der Waals surface area contributed by atoms with Gasteiger partial charge in [-0.1, -0.05) is 19.9 Å². The lowest BCUT2D eigenvalue weighted by Crippen LogP contribution is -2.47. The summed E-state index contributed by atoms with van der Waals surface area (Å²) >= 11 is 0. The summed E-state index contributed by atoms with van der Waals surface area (Å²) in [6, 6.07) is 6.23. The molecular weight excluding hydrogens is 260 g/mol. The van der Waals surface area contributed by atoms with Crippen molar-refractivity contribution in [2.45, 2.75) is 39.5 Å². The van der Waals surface area contributed by atoms with E-state index in [1.807, 2.05) is 11.0 Å². The van der Waals surface area contributed by atoms with Crippen LogP contribution < -0.4 is 0 Å². The van der Waals surface area contributed by atoms with Crippen LogP contribution in [0.4, 0.5) is 0 Å². The van der Waals surface area contributed by atoms with Crippen molar-refractivity contribution in [1.29, 1.82) is 0 Å². The summed E-state index contributed by atoms with van der Waals surface area (Å²) < 4.78 is 0. The third-order valence-electron chi connectivity index (χ3n) is 4.74. The van der Waals surface area contributed by atoms with Gasteiger partial charge in [-0.05, 0) is 56.0 Å². The summed E-state index contributed by atoms with van der Waals surface area (Å²) in [7, 11) is 2.11. The van der Waals surface area contributed by atoms with Gasteiger partial charge in [-0.25, -0.2) is 0 Å². The Morgan fingerprint density at radius 2 is 1.76 bits per heavy atom. The zero-order valence-corrected chi connectivity index (χ0v) is 13.9. The molecule has 1 aromatic rings. The monoisotopic (exact) mass is 288 g/mol. The number of likely N-dealkylation sites (N-methyl/N-ethyl adjacent to an activating group) is 1. The van der Waals surface area contributed by atoms with Gasteiger partial charge < -0.3 is 9.80 Å². The van der Waals surface area contributed by atoms with Crippen LogP contribution in [0.1, 0.15) is 54.1 Å². The molecule has 0 unspecified atom stereocenters. The maximum absolute atomic E-state index is 12.7. The van der Waals surface area contributed by atoms with Gasteiger partial charge >= 0.3 is 0 Å². The molecule has 3 heteroatoms. The highest BCUT2D eigenvalue weighted by atomic mass is 16.2. The van der Waals surface area contributed by atoms with Gasteiger partial charge in [0, 0.05) is 31.7 Å². The smallest absolute Gasteiger partial charge is 0.253 e. The van der Waals surface area contributed by atoms with Crippen LogP contribution in [-0.4, -0.2) is 48.9 Å². The Balaban J connectivity index is 2.20. The molecule has 1 aromatic carbocycles. The Labute approximate surface area is 128 Å². The third-order valence-corrected chi connectivity index (χ3v) is 4.74. The minimum Gasteiger partial charge on any atom is -0.336 e. The summed E-state index contributed by atoms with van der Waals surface area (Å²) in [5.41, 5.74) is 3.51. The molecule has 0 aromatic heterocycles. The second-order valence-electron chi connectivity index (χ2n) is 6.18. The van der Waals surface area contributed by atoms with E-state index in [1.165, 1.54) is 11.1 Å². The fraction of sp³-hybridized carbons (Fsp3) is 0.611. The molecule has 2 rings (SSSR count). The summed E-state index contributed by atoms with van der Waals surface area (Å²) in [6.45, 7) is 10.2. The summed E-state index contributed by atoms with van der Waals surface area (Å²) in [6.07, 6.45) is 2.26. The molecule has 1 fully saturated rings. The number of carbonyl (C=O) groups excluding carboxylic acids is 1. The van der Waals surface area contributed by atoms with Gasteiger partial charge in [0.2, 0.25) is 0 Å². The molecule has 1 heterocycles. The van der Waals surface area contributed by atoms with Crippen LogP contribution >= 0.6 is 0 Å². The molecular formula is C18H28N2O. The van der Waals surface area contributed by atoms with E-state index in [9.17, 15) is 4.79 Å². The van der Waals surface area contributed by atoms with Crippen LogP contribution in [0.15, 0.2) is 18.2 Å². The fourth-order valence-electron chi connectivity index (χ4n) is 3.13. The topological polar surface area (TPSA) is 23.6 Å². The number of carbonyl (C=O) groups is 1. The normalized spacial score (nSPS) is 16.5. The zero-order valence-electron chi connectivity index (χ0n) is 13.9. The Kier molecular flexibility index (Phi) is 5.40. The predicted molar refractivity (Wildman–Crippen MR) is 87.9 cm³/mol.